The number of aliphatic hydroxyl groups is 1. The number of Topliss-reactive ketones (excluding diaryl/α,β-unsaturated/α-hetero) is 1. The van der Waals surface area contributed by atoms with Crippen LogP contribution in [0.2, 0.25) is 0 Å². The second-order valence-electron chi connectivity index (χ2n) is 11.1. The maximum Gasteiger partial charge on any atom is 0.303 e. The SMILES string of the molecule is CCCCCCC(O)CCCCCCCCCCC(=O)O.O=C1C=C(N2CC2)C(=O)C(N2CC2)=C1N1CC1. The summed E-state index contributed by atoms with van der Waals surface area (Å²) in [5, 5.41) is 18.4. The summed E-state index contributed by atoms with van der Waals surface area (Å²) in [5.74, 6) is -0.629. The fourth-order valence-electron chi connectivity index (χ4n) is 4.94. The van der Waals surface area contributed by atoms with Gasteiger partial charge < -0.3 is 24.9 Å². The van der Waals surface area contributed by atoms with E-state index in [0.29, 0.717) is 23.5 Å². The Kier molecular flexibility index (Phi) is 12.6. The molecular weight excluding hydrogens is 482 g/mol. The standard InChI is InChI=1S/C18H36O3.C12H13N3O2/c1-2-3-4-11-14-17(19)15-12-9-7-5-6-8-10-13-16-18(20)21;16-9-7-8(13-1-2-13)12(17)11(15-5-6-15)10(9)14-3-4-14/h17,19H,2-16H2,1H3,(H,20,21);7H,1-6H2. The zero-order valence-electron chi connectivity index (χ0n) is 23.5. The van der Waals surface area contributed by atoms with Crippen LogP contribution in [-0.4, -0.2) is 87.8 Å². The van der Waals surface area contributed by atoms with Gasteiger partial charge in [-0.25, -0.2) is 0 Å². The summed E-state index contributed by atoms with van der Waals surface area (Å²) in [6, 6.07) is 0. The molecular formula is C30H49N3O5. The van der Waals surface area contributed by atoms with Gasteiger partial charge in [0.25, 0.3) is 0 Å². The van der Waals surface area contributed by atoms with Gasteiger partial charge in [-0.2, -0.15) is 0 Å². The highest BCUT2D eigenvalue weighted by Gasteiger charge is 2.43. The topological polar surface area (TPSA) is 101 Å². The van der Waals surface area contributed by atoms with Gasteiger partial charge in [0.2, 0.25) is 11.6 Å². The number of carbonyl (C=O) groups excluding carboxylic acids is 2. The van der Waals surface area contributed by atoms with Crippen LogP contribution in [0.1, 0.15) is 103 Å². The minimum atomic E-state index is -0.678. The van der Waals surface area contributed by atoms with Gasteiger partial charge in [0, 0.05) is 51.8 Å². The Morgan fingerprint density at radius 3 is 1.71 bits per heavy atom. The van der Waals surface area contributed by atoms with E-state index in [2.05, 4.69) is 6.92 Å². The summed E-state index contributed by atoms with van der Waals surface area (Å²) in [6.07, 6.45) is 17.8. The number of carboxylic acids is 1. The molecule has 1 atom stereocenters. The third kappa shape index (κ3) is 10.8. The zero-order chi connectivity index (χ0) is 27.3. The first-order valence-electron chi connectivity index (χ1n) is 15.1. The van der Waals surface area contributed by atoms with Gasteiger partial charge in [0.05, 0.1) is 11.8 Å². The molecule has 0 amide bonds. The third-order valence-electron chi connectivity index (χ3n) is 7.56. The third-order valence-corrected chi connectivity index (χ3v) is 7.56. The lowest BCUT2D eigenvalue weighted by molar-refractivity contribution is -0.137. The fourth-order valence-corrected chi connectivity index (χ4v) is 4.94. The van der Waals surface area contributed by atoms with Gasteiger partial charge in [-0.05, 0) is 19.3 Å². The van der Waals surface area contributed by atoms with Crippen molar-refractivity contribution in [3.63, 3.8) is 0 Å². The van der Waals surface area contributed by atoms with Crippen molar-refractivity contribution in [2.75, 3.05) is 39.3 Å². The van der Waals surface area contributed by atoms with Crippen molar-refractivity contribution in [1.29, 1.82) is 0 Å². The highest BCUT2D eigenvalue weighted by atomic mass is 16.4. The molecule has 3 fully saturated rings. The molecule has 3 heterocycles. The highest BCUT2D eigenvalue weighted by Crippen LogP contribution is 2.34. The van der Waals surface area contributed by atoms with Gasteiger partial charge in [-0.1, -0.05) is 77.6 Å². The Morgan fingerprint density at radius 1 is 0.737 bits per heavy atom. The molecule has 1 aliphatic carbocycles. The summed E-state index contributed by atoms with van der Waals surface area (Å²) < 4.78 is 0. The molecule has 0 aromatic heterocycles. The smallest absolute Gasteiger partial charge is 0.303 e. The average molecular weight is 532 g/mol. The number of carboxylic acid groups (broad SMARTS) is 1. The first-order valence-corrected chi connectivity index (χ1v) is 15.1. The molecule has 3 aliphatic heterocycles. The molecule has 4 rings (SSSR count). The molecule has 0 saturated carbocycles. The second-order valence-corrected chi connectivity index (χ2v) is 11.1. The number of carbonyl (C=O) groups is 3. The lowest BCUT2D eigenvalue weighted by atomic mass is 10.0. The Labute approximate surface area is 228 Å². The lowest BCUT2D eigenvalue weighted by Gasteiger charge is -2.21. The Hall–Kier alpha value is -2.35. The monoisotopic (exact) mass is 531 g/mol. The summed E-state index contributed by atoms with van der Waals surface area (Å²) in [5.41, 5.74) is 1.89. The molecule has 0 radical (unpaired) electrons. The van der Waals surface area contributed by atoms with E-state index >= 15 is 0 Å². The normalized spacial score (nSPS) is 18.8. The minimum Gasteiger partial charge on any atom is -0.481 e. The molecule has 0 aromatic carbocycles. The van der Waals surface area contributed by atoms with Crippen molar-refractivity contribution >= 4 is 17.5 Å². The van der Waals surface area contributed by atoms with Crippen LogP contribution in [0, 0.1) is 0 Å². The van der Waals surface area contributed by atoms with Crippen LogP contribution in [0.15, 0.2) is 23.2 Å². The molecule has 0 spiro atoms. The summed E-state index contributed by atoms with van der Waals surface area (Å²) in [7, 11) is 0. The van der Waals surface area contributed by atoms with Crippen molar-refractivity contribution in [3.8, 4) is 0 Å². The van der Waals surface area contributed by atoms with E-state index in [1.54, 1.807) is 0 Å². The Bertz CT molecular complexity index is 856. The van der Waals surface area contributed by atoms with Crippen molar-refractivity contribution in [2.45, 2.75) is 109 Å². The summed E-state index contributed by atoms with van der Waals surface area (Å²) in [6.45, 7) is 7.62. The minimum absolute atomic E-state index is 0.00546. The van der Waals surface area contributed by atoms with Gasteiger partial charge >= 0.3 is 5.97 Å². The molecule has 0 aromatic rings. The number of allylic oxidation sites excluding steroid dienone is 1. The number of aliphatic carboxylic acids is 1. The van der Waals surface area contributed by atoms with Crippen LogP contribution in [0.4, 0.5) is 0 Å². The second kappa shape index (κ2) is 15.9. The van der Waals surface area contributed by atoms with E-state index in [9.17, 15) is 19.5 Å². The molecule has 0 bridgehead atoms. The van der Waals surface area contributed by atoms with E-state index in [1.807, 2.05) is 14.7 Å². The van der Waals surface area contributed by atoms with Crippen LogP contribution in [0.25, 0.3) is 0 Å². The number of hydrogen-bond acceptors (Lipinski definition) is 7. The lowest BCUT2D eigenvalue weighted by Crippen LogP contribution is -2.29. The predicted octanol–water partition coefficient (Wildman–Crippen LogP) is 4.48. The molecule has 8 heteroatoms. The number of ketones is 2. The largest absolute Gasteiger partial charge is 0.481 e. The molecule has 38 heavy (non-hydrogen) atoms. The quantitative estimate of drug-likeness (QED) is 0.143. The molecule has 214 valence electrons. The maximum absolute atomic E-state index is 12.4. The molecule has 1 unspecified atom stereocenters. The summed E-state index contributed by atoms with van der Waals surface area (Å²) in [4.78, 5) is 40.8. The van der Waals surface area contributed by atoms with Crippen LogP contribution in [0.3, 0.4) is 0 Å². The van der Waals surface area contributed by atoms with E-state index in [1.165, 1.54) is 57.4 Å². The first-order chi connectivity index (χ1) is 18.4. The van der Waals surface area contributed by atoms with Crippen LogP contribution in [0.5, 0.6) is 0 Å². The number of hydrogen-bond donors (Lipinski definition) is 2. The number of aliphatic hydroxyl groups excluding tert-OH is 1. The van der Waals surface area contributed by atoms with Gasteiger partial charge in [-0.15, -0.1) is 0 Å². The van der Waals surface area contributed by atoms with Gasteiger partial charge in [0.1, 0.15) is 11.4 Å². The average Bonchev–Trinajstić information content (AvgIpc) is 3.73. The molecule has 3 saturated heterocycles. The van der Waals surface area contributed by atoms with E-state index in [-0.39, 0.29) is 17.7 Å². The van der Waals surface area contributed by atoms with Crippen molar-refractivity contribution in [3.05, 3.63) is 23.2 Å². The summed E-state index contributed by atoms with van der Waals surface area (Å²) >= 11 is 0. The van der Waals surface area contributed by atoms with Gasteiger partial charge in [0.15, 0.2) is 0 Å². The van der Waals surface area contributed by atoms with E-state index in [0.717, 1.165) is 77.8 Å². The maximum atomic E-state index is 12.4. The van der Waals surface area contributed by atoms with Crippen molar-refractivity contribution < 1.29 is 24.6 Å². The van der Waals surface area contributed by atoms with Crippen LogP contribution < -0.4 is 0 Å². The number of nitrogens with zero attached hydrogens (tertiary/aromatic N) is 3. The van der Waals surface area contributed by atoms with Crippen molar-refractivity contribution in [2.24, 2.45) is 0 Å². The molecule has 8 nitrogen and oxygen atoms in total. The Balaban J connectivity index is 0.000000213. The van der Waals surface area contributed by atoms with E-state index in [4.69, 9.17) is 5.11 Å². The van der Waals surface area contributed by atoms with Crippen LogP contribution >= 0.6 is 0 Å². The molecule has 4 aliphatic rings. The molecule has 2 N–H and O–H groups in total. The Morgan fingerprint density at radius 2 is 1.21 bits per heavy atom. The van der Waals surface area contributed by atoms with E-state index < -0.39 is 5.97 Å². The highest BCUT2D eigenvalue weighted by molar-refractivity contribution is 6.22. The predicted molar refractivity (Wildman–Crippen MR) is 148 cm³/mol. The number of rotatable bonds is 19. The van der Waals surface area contributed by atoms with Crippen molar-refractivity contribution in [1.82, 2.24) is 14.7 Å². The fraction of sp³-hybridized carbons (Fsp3) is 0.767. The first kappa shape index (κ1) is 30.2. The van der Waals surface area contributed by atoms with Gasteiger partial charge in [-0.3, -0.25) is 14.4 Å². The number of unbranched alkanes of at least 4 members (excludes halogenated alkanes) is 10. The van der Waals surface area contributed by atoms with Crippen LogP contribution in [-0.2, 0) is 14.4 Å². The zero-order valence-corrected chi connectivity index (χ0v) is 23.5.